The summed E-state index contributed by atoms with van der Waals surface area (Å²) in [6, 6.07) is 10.1. The molecule has 3 aliphatic rings. The van der Waals surface area contributed by atoms with Gasteiger partial charge in [-0.05, 0) is 31.0 Å². The van der Waals surface area contributed by atoms with E-state index in [-0.39, 0.29) is 5.91 Å². The number of carbonyl (C=O) groups excluding carboxylic acids is 1. The molecule has 1 N–H and O–H groups in total. The van der Waals surface area contributed by atoms with E-state index in [9.17, 15) is 10.1 Å². The Morgan fingerprint density at radius 3 is 2.52 bits per heavy atom. The normalized spacial score (nSPS) is 25.0. The van der Waals surface area contributed by atoms with E-state index in [2.05, 4.69) is 27.3 Å². The zero-order chi connectivity index (χ0) is 18.9. The van der Waals surface area contributed by atoms with Crippen LogP contribution in [0.3, 0.4) is 0 Å². The number of hydrogen-bond acceptors (Lipinski definition) is 5. The number of carbonyl (C=O) groups is 1. The Bertz CT molecular complexity index is 788. The van der Waals surface area contributed by atoms with Gasteiger partial charge in [0, 0.05) is 36.9 Å². The Hall–Kier alpha value is -2.26. The summed E-state index contributed by atoms with van der Waals surface area (Å²) >= 11 is 6.11. The van der Waals surface area contributed by atoms with Crippen LogP contribution in [0.5, 0.6) is 0 Å². The minimum absolute atomic E-state index is 0.193. The van der Waals surface area contributed by atoms with E-state index in [1.54, 1.807) is 0 Å². The van der Waals surface area contributed by atoms with Gasteiger partial charge in [0.15, 0.2) is 5.92 Å². The Morgan fingerprint density at radius 2 is 1.85 bits per heavy atom. The Kier molecular flexibility index (Phi) is 4.96. The monoisotopic (exact) mass is 385 g/mol. The molecular weight excluding hydrogens is 362 g/mol. The lowest BCUT2D eigenvalue weighted by Crippen LogP contribution is -2.60. The molecule has 2 fully saturated rings. The minimum atomic E-state index is -0.672. The molecule has 1 spiro atoms. The number of piperazine rings is 1. The van der Waals surface area contributed by atoms with Gasteiger partial charge in [-0.3, -0.25) is 10.1 Å². The zero-order valence-corrected chi connectivity index (χ0v) is 16.1. The Morgan fingerprint density at radius 1 is 1.15 bits per heavy atom. The fourth-order valence-electron chi connectivity index (χ4n) is 4.47. The van der Waals surface area contributed by atoms with E-state index in [1.807, 2.05) is 18.2 Å². The topological polar surface area (TPSA) is 71.7 Å². The van der Waals surface area contributed by atoms with Crippen LogP contribution < -0.4 is 10.2 Å². The number of amides is 1. The summed E-state index contributed by atoms with van der Waals surface area (Å²) in [6.07, 6.45) is 4.87. The van der Waals surface area contributed by atoms with Gasteiger partial charge in [-0.2, -0.15) is 5.26 Å². The van der Waals surface area contributed by atoms with Crippen LogP contribution in [0.2, 0.25) is 5.02 Å². The lowest BCUT2D eigenvalue weighted by Gasteiger charge is -2.44. The van der Waals surface area contributed by atoms with Crippen molar-refractivity contribution in [2.45, 2.75) is 37.6 Å². The van der Waals surface area contributed by atoms with Crippen LogP contribution in [0.1, 0.15) is 32.1 Å². The van der Waals surface area contributed by atoms with Gasteiger partial charge >= 0.3 is 0 Å². The van der Waals surface area contributed by atoms with Gasteiger partial charge in [0.1, 0.15) is 0 Å². The van der Waals surface area contributed by atoms with Crippen molar-refractivity contribution in [3.05, 3.63) is 29.3 Å². The fraction of sp³-hybridized carbons (Fsp3) is 0.550. The first-order chi connectivity index (χ1) is 13.1. The van der Waals surface area contributed by atoms with Crippen molar-refractivity contribution in [1.82, 2.24) is 10.2 Å². The molecule has 2 aliphatic heterocycles. The van der Waals surface area contributed by atoms with Crippen molar-refractivity contribution in [2.24, 2.45) is 10.9 Å². The molecule has 7 heteroatoms. The summed E-state index contributed by atoms with van der Waals surface area (Å²) in [4.78, 5) is 22.0. The number of guanidine groups is 1. The van der Waals surface area contributed by atoms with Crippen molar-refractivity contribution in [1.29, 1.82) is 5.26 Å². The summed E-state index contributed by atoms with van der Waals surface area (Å²) in [6.45, 7) is 3.23. The van der Waals surface area contributed by atoms with Crippen LogP contribution >= 0.6 is 11.6 Å². The van der Waals surface area contributed by atoms with E-state index in [0.29, 0.717) is 5.96 Å². The van der Waals surface area contributed by atoms with Crippen molar-refractivity contribution in [3.63, 3.8) is 0 Å². The van der Waals surface area contributed by atoms with Gasteiger partial charge < -0.3 is 9.80 Å². The van der Waals surface area contributed by atoms with Crippen molar-refractivity contribution in [3.8, 4) is 6.07 Å². The first-order valence-electron chi connectivity index (χ1n) is 9.67. The van der Waals surface area contributed by atoms with Crippen molar-refractivity contribution < 1.29 is 4.79 Å². The predicted molar refractivity (Wildman–Crippen MR) is 106 cm³/mol. The second-order valence-corrected chi connectivity index (χ2v) is 8.04. The third kappa shape index (κ3) is 3.49. The molecule has 1 saturated heterocycles. The number of nitriles is 1. The molecule has 4 rings (SSSR count). The summed E-state index contributed by atoms with van der Waals surface area (Å²) in [5.74, 6) is -0.213. The molecule has 1 aromatic rings. The SMILES string of the molecule is N#C[C@H]1C(=O)NC(N2CCN(c3cccc(Cl)c3)CC2)=NC12CCCCC2. The first-order valence-corrected chi connectivity index (χ1v) is 10.0. The van der Waals surface area contributed by atoms with Crippen LogP contribution in [-0.2, 0) is 4.79 Å². The van der Waals surface area contributed by atoms with Gasteiger partial charge in [-0.15, -0.1) is 0 Å². The number of benzene rings is 1. The highest BCUT2D eigenvalue weighted by Gasteiger charge is 2.48. The Balaban J connectivity index is 1.50. The number of rotatable bonds is 1. The number of hydrogen-bond donors (Lipinski definition) is 1. The largest absolute Gasteiger partial charge is 0.368 e. The first kappa shape index (κ1) is 18.1. The highest BCUT2D eigenvalue weighted by molar-refractivity contribution is 6.30. The fourth-order valence-corrected chi connectivity index (χ4v) is 4.66. The maximum atomic E-state index is 12.6. The number of halogens is 1. The molecule has 1 saturated carbocycles. The standard InChI is InChI=1S/C20H24ClN5O/c21-15-5-4-6-16(13-15)25-9-11-26(12-10-25)19-23-18(27)17(14-22)20(24-19)7-2-1-3-8-20/h4-6,13,17H,1-3,7-12H2,(H,23,24,27)/t17-/m0/s1. The van der Waals surface area contributed by atoms with E-state index in [0.717, 1.165) is 69.0 Å². The molecule has 1 atom stereocenters. The van der Waals surface area contributed by atoms with Gasteiger partial charge in [-0.1, -0.05) is 36.9 Å². The summed E-state index contributed by atoms with van der Waals surface area (Å²) in [5, 5.41) is 13.2. The molecule has 1 aromatic carbocycles. The zero-order valence-electron chi connectivity index (χ0n) is 15.3. The maximum absolute atomic E-state index is 12.6. The van der Waals surface area contributed by atoms with Crippen molar-refractivity contribution >= 4 is 29.2 Å². The lowest BCUT2D eigenvalue weighted by molar-refractivity contribution is -0.125. The van der Waals surface area contributed by atoms with Gasteiger partial charge in [-0.25, -0.2) is 4.99 Å². The van der Waals surface area contributed by atoms with E-state index in [1.165, 1.54) is 0 Å². The predicted octanol–water partition coefficient (Wildman–Crippen LogP) is 2.79. The van der Waals surface area contributed by atoms with Crippen LogP contribution in [0.4, 0.5) is 5.69 Å². The molecule has 0 unspecified atom stereocenters. The molecule has 142 valence electrons. The number of nitrogens with one attached hydrogen (secondary N) is 1. The summed E-state index contributed by atoms with van der Waals surface area (Å²) in [7, 11) is 0. The molecule has 0 aromatic heterocycles. The van der Waals surface area contributed by atoms with Gasteiger partial charge in [0.2, 0.25) is 11.9 Å². The average Bonchev–Trinajstić information content (AvgIpc) is 2.68. The van der Waals surface area contributed by atoms with Crippen LogP contribution in [0, 0.1) is 17.2 Å². The van der Waals surface area contributed by atoms with Crippen LogP contribution in [0.25, 0.3) is 0 Å². The molecule has 0 bridgehead atoms. The van der Waals surface area contributed by atoms with E-state index >= 15 is 0 Å². The average molecular weight is 386 g/mol. The number of anilines is 1. The highest BCUT2D eigenvalue weighted by atomic mass is 35.5. The van der Waals surface area contributed by atoms with Crippen LogP contribution in [-0.4, -0.2) is 48.5 Å². The second kappa shape index (κ2) is 7.40. The quantitative estimate of drug-likeness (QED) is 0.806. The highest BCUT2D eigenvalue weighted by Crippen LogP contribution is 2.40. The summed E-state index contributed by atoms with van der Waals surface area (Å²) in [5.41, 5.74) is 0.583. The second-order valence-electron chi connectivity index (χ2n) is 7.60. The lowest BCUT2D eigenvalue weighted by atomic mass is 9.72. The minimum Gasteiger partial charge on any atom is -0.368 e. The van der Waals surface area contributed by atoms with Crippen molar-refractivity contribution in [2.75, 3.05) is 31.1 Å². The third-order valence-corrected chi connectivity index (χ3v) is 6.20. The molecular formula is C20H24ClN5O. The molecule has 6 nitrogen and oxygen atoms in total. The molecule has 27 heavy (non-hydrogen) atoms. The molecule has 2 heterocycles. The van der Waals surface area contributed by atoms with E-state index in [4.69, 9.17) is 16.6 Å². The van der Waals surface area contributed by atoms with Gasteiger partial charge in [0.25, 0.3) is 0 Å². The van der Waals surface area contributed by atoms with E-state index < -0.39 is 11.5 Å². The Labute approximate surface area is 164 Å². The smallest absolute Gasteiger partial charge is 0.246 e. The molecule has 1 amide bonds. The number of nitrogens with zero attached hydrogens (tertiary/aromatic N) is 4. The number of aliphatic imine (C=N–C) groups is 1. The summed E-state index contributed by atoms with van der Waals surface area (Å²) < 4.78 is 0. The van der Waals surface area contributed by atoms with Crippen LogP contribution in [0.15, 0.2) is 29.3 Å². The maximum Gasteiger partial charge on any atom is 0.246 e. The molecule has 1 aliphatic carbocycles. The molecule has 0 radical (unpaired) electrons. The van der Waals surface area contributed by atoms with Gasteiger partial charge in [0.05, 0.1) is 11.6 Å². The third-order valence-electron chi connectivity index (χ3n) is 5.96.